The molecular weight excluding hydrogens is 258 g/mol. The van der Waals surface area contributed by atoms with Crippen LogP contribution in [0.2, 0.25) is 0 Å². The average molecular weight is 280 g/mol. The average Bonchev–Trinajstić information content (AvgIpc) is 3.03. The van der Waals surface area contributed by atoms with Crippen molar-refractivity contribution in [3.05, 3.63) is 0 Å². The van der Waals surface area contributed by atoms with Crippen LogP contribution in [0.5, 0.6) is 0 Å². The zero-order valence-corrected chi connectivity index (χ0v) is 12.3. The van der Waals surface area contributed by atoms with Crippen LogP contribution in [-0.4, -0.2) is 24.2 Å². The van der Waals surface area contributed by atoms with Gasteiger partial charge in [-0.3, -0.25) is 0 Å². The first kappa shape index (κ1) is 16.4. The maximum atomic E-state index is 11.7. The van der Waals surface area contributed by atoms with E-state index in [4.69, 9.17) is 11.2 Å². The first-order valence-electron chi connectivity index (χ1n) is 6.87. The number of amides is 1. The summed E-state index contributed by atoms with van der Waals surface area (Å²) in [5.74, 6) is 1.61. The van der Waals surface area contributed by atoms with E-state index in [2.05, 4.69) is 11.2 Å². The van der Waals surface area contributed by atoms with Gasteiger partial charge in [0.25, 0.3) is 0 Å². The third-order valence-corrected chi connectivity index (χ3v) is 3.38. The molecule has 3 atom stereocenters. The van der Waals surface area contributed by atoms with Gasteiger partial charge in [-0.2, -0.15) is 0 Å². The Morgan fingerprint density at radius 1 is 1.50 bits per heavy atom. The Hall–Kier alpha value is -1.70. The van der Waals surface area contributed by atoms with E-state index in [1.165, 1.54) is 0 Å². The molecule has 5 heteroatoms. The van der Waals surface area contributed by atoms with Crippen LogP contribution in [0, 0.1) is 23.7 Å². The molecule has 0 aromatic carbocycles. The Balaban J connectivity index is 2.34. The Morgan fingerprint density at radius 3 is 2.65 bits per heavy atom. The lowest BCUT2D eigenvalue weighted by Gasteiger charge is -2.31. The molecule has 1 saturated carbocycles. The van der Waals surface area contributed by atoms with Gasteiger partial charge < -0.3 is 20.0 Å². The predicted octanol–water partition coefficient (Wildman–Crippen LogP) is 1.07. The maximum Gasteiger partial charge on any atom is 0.407 e. The number of nitrogens with one attached hydrogen (secondary N) is 1. The lowest BCUT2D eigenvalue weighted by Crippen LogP contribution is -2.54. The summed E-state index contributed by atoms with van der Waals surface area (Å²) in [6, 6.07) is -1.08. The first-order chi connectivity index (χ1) is 9.25. The number of aliphatic carboxylic acids is 1. The molecule has 20 heavy (non-hydrogen) atoms. The highest BCUT2D eigenvalue weighted by molar-refractivity contribution is 5.79. The highest BCUT2D eigenvalue weighted by atomic mass is 16.6. The topological polar surface area (TPSA) is 78.5 Å². The molecule has 0 unspecified atom stereocenters. The van der Waals surface area contributed by atoms with Gasteiger partial charge in [0.05, 0.1) is 12.0 Å². The van der Waals surface area contributed by atoms with Crippen LogP contribution in [0.3, 0.4) is 0 Å². The van der Waals surface area contributed by atoms with Crippen molar-refractivity contribution in [3.63, 3.8) is 0 Å². The summed E-state index contributed by atoms with van der Waals surface area (Å²) in [6.07, 6.45) is 7.77. The van der Waals surface area contributed by atoms with E-state index >= 15 is 0 Å². The SMILES string of the molecule is C#CCCC[C@@H]1C[C@H]1OC(=O)N[C@H](C(=O)[O-])C(C)(C)C. The van der Waals surface area contributed by atoms with Gasteiger partial charge in [0.1, 0.15) is 6.10 Å². The molecule has 1 fully saturated rings. The third-order valence-electron chi connectivity index (χ3n) is 3.38. The van der Waals surface area contributed by atoms with Crippen molar-refractivity contribution in [3.8, 4) is 12.3 Å². The molecule has 1 amide bonds. The minimum Gasteiger partial charge on any atom is -0.548 e. The molecule has 1 aliphatic carbocycles. The molecule has 112 valence electrons. The zero-order chi connectivity index (χ0) is 15.3. The summed E-state index contributed by atoms with van der Waals surface area (Å²) >= 11 is 0. The number of terminal acetylenes is 1. The number of hydrogen-bond donors (Lipinski definition) is 1. The molecule has 0 radical (unpaired) electrons. The smallest absolute Gasteiger partial charge is 0.407 e. The van der Waals surface area contributed by atoms with Gasteiger partial charge in [-0.05, 0) is 30.6 Å². The van der Waals surface area contributed by atoms with Gasteiger partial charge in [0.2, 0.25) is 0 Å². The van der Waals surface area contributed by atoms with E-state index in [-0.39, 0.29) is 6.10 Å². The molecule has 0 spiro atoms. The van der Waals surface area contributed by atoms with Crippen molar-refractivity contribution >= 4 is 12.1 Å². The largest absolute Gasteiger partial charge is 0.548 e. The molecule has 0 bridgehead atoms. The Kier molecular flexibility index (Phi) is 5.43. The van der Waals surface area contributed by atoms with E-state index in [0.29, 0.717) is 5.92 Å². The molecule has 5 nitrogen and oxygen atoms in total. The van der Waals surface area contributed by atoms with Crippen molar-refractivity contribution in [1.82, 2.24) is 5.32 Å². The molecule has 1 N–H and O–H groups in total. The second-order valence-corrected chi connectivity index (χ2v) is 6.30. The summed E-state index contributed by atoms with van der Waals surface area (Å²) in [5, 5.41) is 13.4. The minimum atomic E-state index is -1.31. The summed E-state index contributed by atoms with van der Waals surface area (Å²) < 4.78 is 5.19. The number of ether oxygens (including phenoxy) is 1. The molecule has 0 heterocycles. The fourth-order valence-corrected chi connectivity index (χ4v) is 2.05. The van der Waals surface area contributed by atoms with E-state index in [1.54, 1.807) is 20.8 Å². The van der Waals surface area contributed by atoms with Gasteiger partial charge in [0, 0.05) is 6.42 Å². The molecule has 0 aromatic heterocycles. The van der Waals surface area contributed by atoms with E-state index in [9.17, 15) is 14.7 Å². The standard InChI is InChI=1S/C15H23NO4/c1-5-6-7-8-10-9-11(10)20-14(19)16-12(13(17)18)15(2,3)4/h1,10-12H,6-9H2,2-4H3,(H,16,19)(H,17,18)/p-1/t10-,11-,12-/m1/s1. The number of rotatable bonds is 6. The number of carbonyl (C=O) groups is 2. The van der Waals surface area contributed by atoms with Crippen molar-refractivity contribution in [2.24, 2.45) is 11.3 Å². The molecular formula is C15H22NO4-. The maximum absolute atomic E-state index is 11.7. The molecule has 0 saturated heterocycles. The Labute approximate surface area is 120 Å². The Morgan fingerprint density at radius 2 is 2.15 bits per heavy atom. The van der Waals surface area contributed by atoms with Gasteiger partial charge in [-0.1, -0.05) is 20.8 Å². The molecule has 1 rings (SSSR count). The number of hydrogen-bond acceptors (Lipinski definition) is 4. The number of carboxylic acids is 1. The van der Waals surface area contributed by atoms with Crippen LogP contribution >= 0.6 is 0 Å². The third kappa shape index (κ3) is 5.12. The summed E-state index contributed by atoms with van der Waals surface area (Å²) in [5.41, 5.74) is -0.631. The van der Waals surface area contributed by atoms with E-state index < -0.39 is 23.5 Å². The second kappa shape index (κ2) is 6.65. The van der Waals surface area contributed by atoms with E-state index in [1.807, 2.05) is 0 Å². The van der Waals surface area contributed by atoms with Crippen molar-refractivity contribution in [2.45, 2.75) is 58.6 Å². The predicted molar refractivity (Wildman–Crippen MR) is 72.4 cm³/mol. The lowest BCUT2D eigenvalue weighted by atomic mass is 9.87. The lowest BCUT2D eigenvalue weighted by molar-refractivity contribution is -0.310. The number of carboxylic acid groups (broad SMARTS) is 1. The number of alkyl carbamates (subject to hydrolysis) is 1. The monoisotopic (exact) mass is 280 g/mol. The zero-order valence-electron chi connectivity index (χ0n) is 12.3. The number of unbranched alkanes of at least 4 members (excludes halogenated alkanes) is 1. The quantitative estimate of drug-likeness (QED) is 0.583. The van der Waals surface area contributed by atoms with Crippen LogP contribution < -0.4 is 10.4 Å². The van der Waals surface area contributed by atoms with Crippen LogP contribution in [-0.2, 0) is 9.53 Å². The summed E-state index contributed by atoms with van der Waals surface area (Å²) in [6.45, 7) is 5.15. The van der Waals surface area contributed by atoms with Gasteiger partial charge in [-0.25, -0.2) is 4.79 Å². The van der Waals surface area contributed by atoms with Crippen LogP contribution in [0.1, 0.15) is 46.5 Å². The normalized spacial score (nSPS) is 22.5. The summed E-state index contributed by atoms with van der Waals surface area (Å²) in [7, 11) is 0. The fourth-order valence-electron chi connectivity index (χ4n) is 2.05. The van der Waals surface area contributed by atoms with Crippen LogP contribution in [0.25, 0.3) is 0 Å². The van der Waals surface area contributed by atoms with Crippen LogP contribution in [0.15, 0.2) is 0 Å². The van der Waals surface area contributed by atoms with Gasteiger partial charge in [-0.15, -0.1) is 12.3 Å². The second-order valence-electron chi connectivity index (χ2n) is 6.30. The summed E-state index contributed by atoms with van der Waals surface area (Å²) in [4.78, 5) is 22.7. The molecule has 1 aliphatic rings. The molecule has 0 aliphatic heterocycles. The highest BCUT2D eigenvalue weighted by Gasteiger charge is 2.40. The van der Waals surface area contributed by atoms with Crippen LogP contribution in [0.4, 0.5) is 4.79 Å². The van der Waals surface area contributed by atoms with Crippen molar-refractivity contribution in [1.29, 1.82) is 0 Å². The van der Waals surface area contributed by atoms with Crippen molar-refractivity contribution in [2.75, 3.05) is 0 Å². The van der Waals surface area contributed by atoms with E-state index in [0.717, 1.165) is 25.7 Å². The number of carbonyl (C=O) groups excluding carboxylic acids is 2. The fraction of sp³-hybridized carbons (Fsp3) is 0.733. The highest BCUT2D eigenvalue weighted by Crippen LogP contribution is 2.38. The minimum absolute atomic E-state index is 0.116. The van der Waals surface area contributed by atoms with Gasteiger partial charge in [0.15, 0.2) is 0 Å². The van der Waals surface area contributed by atoms with Crippen molar-refractivity contribution < 1.29 is 19.4 Å². The Bertz CT molecular complexity index is 405. The van der Waals surface area contributed by atoms with Gasteiger partial charge >= 0.3 is 6.09 Å². The molecule has 0 aromatic rings. The first-order valence-corrected chi connectivity index (χ1v) is 6.87.